The lowest BCUT2D eigenvalue weighted by Gasteiger charge is -2.32. The van der Waals surface area contributed by atoms with E-state index in [9.17, 15) is 14.8 Å². The van der Waals surface area contributed by atoms with Crippen molar-refractivity contribution in [2.45, 2.75) is 39.0 Å². The Labute approximate surface area is 94.9 Å². The highest BCUT2D eigenvalue weighted by molar-refractivity contribution is 6.37. The van der Waals surface area contributed by atoms with E-state index in [-0.39, 0.29) is 5.92 Å². The quantitative estimate of drug-likeness (QED) is 0.545. The van der Waals surface area contributed by atoms with E-state index in [1.807, 2.05) is 0 Å². The van der Waals surface area contributed by atoms with E-state index in [0.717, 1.165) is 25.7 Å². The van der Waals surface area contributed by atoms with Crippen LogP contribution in [0.5, 0.6) is 0 Å². The molecule has 1 atom stereocenters. The van der Waals surface area contributed by atoms with Crippen molar-refractivity contribution in [3.05, 3.63) is 11.8 Å². The van der Waals surface area contributed by atoms with Crippen LogP contribution in [-0.4, -0.2) is 22.0 Å². The van der Waals surface area contributed by atoms with Gasteiger partial charge in [-0.2, -0.15) is 5.06 Å². The highest BCUT2D eigenvalue weighted by Gasteiger charge is 2.35. The summed E-state index contributed by atoms with van der Waals surface area (Å²) in [6, 6.07) is 0. The predicted molar refractivity (Wildman–Crippen MR) is 57.5 cm³/mol. The van der Waals surface area contributed by atoms with E-state index in [1.165, 1.54) is 6.42 Å². The maximum Gasteiger partial charge on any atom is 0.318 e. The maximum atomic E-state index is 11.5. The van der Waals surface area contributed by atoms with Gasteiger partial charge in [-0.05, 0) is 12.8 Å². The van der Waals surface area contributed by atoms with Crippen molar-refractivity contribution in [2.24, 2.45) is 11.8 Å². The van der Waals surface area contributed by atoms with Crippen molar-refractivity contribution < 1.29 is 14.8 Å². The van der Waals surface area contributed by atoms with Crippen LogP contribution in [0.1, 0.15) is 39.0 Å². The van der Waals surface area contributed by atoms with E-state index in [0.29, 0.717) is 10.8 Å². The summed E-state index contributed by atoms with van der Waals surface area (Å²) >= 11 is 0. The molecule has 0 aromatic carbocycles. The van der Waals surface area contributed by atoms with Gasteiger partial charge in [0.1, 0.15) is 0 Å². The van der Waals surface area contributed by atoms with Crippen LogP contribution in [0.25, 0.3) is 0 Å². The minimum Gasteiger partial charge on any atom is -0.288 e. The fourth-order valence-corrected chi connectivity index (χ4v) is 2.53. The third kappa shape index (κ3) is 1.89. The fourth-order valence-electron chi connectivity index (χ4n) is 2.53. The molecule has 2 rings (SSSR count). The summed E-state index contributed by atoms with van der Waals surface area (Å²) in [4.78, 5) is 22.8. The van der Waals surface area contributed by atoms with Crippen LogP contribution in [-0.2, 0) is 9.59 Å². The van der Waals surface area contributed by atoms with Crippen LogP contribution in [0.2, 0.25) is 0 Å². The summed E-state index contributed by atoms with van der Waals surface area (Å²) in [5.74, 6) is -1.47. The van der Waals surface area contributed by atoms with Crippen molar-refractivity contribution in [3.63, 3.8) is 0 Å². The summed E-state index contributed by atoms with van der Waals surface area (Å²) in [7, 11) is 0. The summed E-state index contributed by atoms with van der Waals surface area (Å²) in [6.45, 7) is 1.70. The van der Waals surface area contributed by atoms with E-state index in [1.54, 1.807) is 13.0 Å². The van der Waals surface area contributed by atoms with Crippen molar-refractivity contribution in [1.82, 2.24) is 5.06 Å². The number of carbonyl (C=O) groups is 2. The van der Waals surface area contributed by atoms with Crippen LogP contribution in [0, 0.1) is 11.8 Å². The Bertz CT molecular complexity index is 342. The number of ketones is 1. The third-order valence-electron chi connectivity index (χ3n) is 3.51. The first-order valence-electron chi connectivity index (χ1n) is 5.90. The largest absolute Gasteiger partial charge is 0.318 e. The van der Waals surface area contributed by atoms with Gasteiger partial charge in [0.25, 0.3) is 0 Å². The molecule has 1 saturated carbocycles. The van der Waals surface area contributed by atoms with Gasteiger partial charge >= 0.3 is 5.91 Å². The molecular weight excluding hydrogens is 206 g/mol. The maximum absolute atomic E-state index is 11.5. The van der Waals surface area contributed by atoms with E-state index in [2.05, 4.69) is 0 Å². The Kier molecular flexibility index (Phi) is 3.10. The standard InChI is InChI=1S/C12H17NO3/c1-8-7-10(9-5-3-2-4-6-9)13(16)12(15)11(8)14/h7-9,16H,2-6H2,1H3. The summed E-state index contributed by atoms with van der Waals surface area (Å²) in [5.41, 5.74) is 0.636. The molecule has 0 aromatic heterocycles. The highest BCUT2D eigenvalue weighted by Crippen LogP contribution is 2.33. The number of carbonyl (C=O) groups excluding carboxylic acids is 2. The molecule has 1 aliphatic heterocycles. The van der Waals surface area contributed by atoms with Crippen LogP contribution in [0.15, 0.2) is 11.8 Å². The summed E-state index contributed by atoms with van der Waals surface area (Å²) in [6.07, 6.45) is 7.21. The molecule has 4 heteroatoms. The molecule has 0 bridgehead atoms. The van der Waals surface area contributed by atoms with Crippen LogP contribution >= 0.6 is 0 Å². The normalized spacial score (nSPS) is 28.2. The van der Waals surface area contributed by atoms with E-state index >= 15 is 0 Å². The van der Waals surface area contributed by atoms with Crippen LogP contribution in [0.4, 0.5) is 0 Å². The molecule has 1 unspecified atom stereocenters. The minimum absolute atomic E-state index is 0.234. The van der Waals surface area contributed by atoms with Gasteiger partial charge in [0.15, 0.2) is 0 Å². The number of rotatable bonds is 1. The molecule has 2 aliphatic rings. The van der Waals surface area contributed by atoms with Gasteiger partial charge in [-0.1, -0.05) is 32.3 Å². The number of nitrogens with zero attached hydrogens (tertiary/aromatic N) is 1. The van der Waals surface area contributed by atoms with Crippen LogP contribution in [0.3, 0.4) is 0 Å². The van der Waals surface area contributed by atoms with Gasteiger partial charge in [-0.25, -0.2) is 0 Å². The monoisotopic (exact) mass is 223 g/mol. The first-order valence-corrected chi connectivity index (χ1v) is 5.90. The third-order valence-corrected chi connectivity index (χ3v) is 3.51. The minimum atomic E-state index is -0.782. The zero-order chi connectivity index (χ0) is 11.7. The van der Waals surface area contributed by atoms with Gasteiger partial charge in [-0.15, -0.1) is 0 Å². The second kappa shape index (κ2) is 4.37. The molecule has 1 N–H and O–H groups in total. The zero-order valence-corrected chi connectivity index (χ0v) is 9.48. The lowest BCUT2D eigenvalue weighted by Crippen LogP contribution is -2.42. The lowest BCUT2D eigenvalue weighted by molar-refractivity contribution is -0.168. The molecule has 0 spiro atoms. The lowest BCUT2D eigenvalue weighted by atomic mass is 9.84. The molecule has 16 heavy (non-hydrogen) atoms. The zero-order valence-electron chi connectivity index (χ0n) is 9.48. The van der Waals surface area contributed by atoms with Crippen molar-refractivity contribution in [3.8, 4) is 0 Å². The molecule has 0 radical (unpaired) electrons. The van der Waals surface area contributed by atoms with Crippen molar-refractivity contribution in [2.75, 3.05) is 0 Å². The molecule has 1 fully saturated rings. The number of hydroxylamine groups is 2. The van der Waals surface area contributed by atoms with Gasteiger partial charge in [-0.3, -0.25) is 14.8 Å². The first-order chi connectivity index (χ1) is 7.61. The predicted octanol–water partition coefficient (Wildman–Crippen LogP) is 1.89. The Morgan fingerprint density at radius 1 is 1.25 bits per heavy atom. The molecule has 88 valence electrons. The molecular formula is C12H17NO3. The molecule has 1 amide bonds. The van der Waals surface area contributed by atoms with E-state index in [4.69, 9.17) is 0 Å². The Hall–Kier alpha value is -1.16. The Morgan fingerprint density at radius 2 is 1.88 bits per heavy atom. The van der Waals surface area contributed by atoms with E-state index < -0.39 is 17.6 Å². The number of hydrogen-bond donors (Lipinski definition) is 1. The molecule has 0 aromatic rings. The summed E-state index contributed by atoms with van der Waals surface area (Å²) < 4.78 is 0. The molecule has 0 saturated heterocycles. The van der Waals surface area contributed by atoms with Crippen LogP contribution < -0.4 is 0 Å². The second-order valence-electron chi connectivity index (χ2n) is 4.70. The SMILES string of the molecule is CC1C=C(C2CCCCC2)N(O)C(=O)C1=O. The number of hydrogen-bond acceptors (Lipinski definition) is 3. The summed E-state index contributed by atoms with van der Waals surface area (Å²) in [5, 5.41) is 10.2. The number of amides is 1. The highest BCUT2D eigenvalue weighted by atomic mass is 16.5. The topological polar surface area (TPSA) is 57.6 Å². The smallest absolute Gasteiger partial charge is 0.288 e. The van der Waals surface area contributed by atoms with Gasteiger partial charge < -0.3 is 0 Å². The molecule has 1 aliphatic carbocycles. The number of Topliss-reactive ketones (excluding diaryl/α,β-unsaturated/α-hetero) is 1. The van der Waals surface area contributed by atoms with Crippen molar-refractivity contribution >= 4 is 11.7 Å². The number of allylic oxidation sites excluding steroid dienone is 2. The molecule has 4 nitrogen and oxygen atoms in total. The van der Waals surface area contributed by atoms with Gasteiger partial charge in [0, 0.05) is 11.8 Å². The Morgan fingerprint density at radius 3 is 2.50 bits per heavy atom. The van der Waals surface area contributed by atoms with Gasteiger partial charge in [0.05, 0.1) is 5.70 Å². The second-order valence-corrected chi connectivity index (χ2v) is 4.70. The van der Waals surface area contributed by atoms with Crippen molar-refractivity contribution in [1.29, 1.82) is 0 Å². The fraction of sp³-hybridized carbons (Fsp3) is 0.667. The Balaban J connectivity index is 2.22. The average molecular weight is 223 g/mol. The first kappa shape index (κ1) is 11.3. The molecule has 1 heterocycles. The van der Waals surface area contributed by atoms with Gasteiger partial charge in [0.2, 0.25) is 5.78 Å². The average Bonchev–Trinajstić information content (AvgIpc) is 2.32.